The van der Waals surface area contributed by atoms with Crippen molar-refractivity contribution in [2.24, 2.45) is 0 Å². The lowest BCUT2D eigenvalue weighted by Gasteiger charge is -2.05. The highest BCUT2D eigenvalue weighted by Crippen LogP contribution is 2.18. The van der Waals surface area contributed by atoms with E-state index in [1.54, 1.807) is 6.92 Å². The van der Waals surface area contributed by atoms with Crippen LogP contribution >= 0.6 is 0 Å². The average Bonchev–Trinajstić information content (AvgIpc) is 2.83. The number of hydrogen-bond acceptors (Lipinski definition) is 2. The summed E-state index contributed by atoms with van der Waals surface area (Å²) in [6, 6.07) is 3.04. The van der Waals surface area contributed by atoms with Crippen molar-refractivity contribution in [1.82, 2.24) is 9.78 Å². The standard InChI is InChI=1S/C12H9F3N2O/c1-2-17-9(5-6-16-17)12(18)7-3-4-8(13)11(15)10(7)14/h3-6H,2H2,1H3. The van der Waals surface area contributed by atoms with E-state index in [9.17, 15) is 18.0 Å². The molecule has 2 rings (SSSR count). The molecular weight excluding hydrogens is 245 g/mol. The second-order valence-corrected chi connectivity index (χ2v) is 3.58. The minimum atomic E-state index is -1.65. The molecule has 3 nitrogen and oxygen atoms in total. The Morgan fingerprint density at radius 1 is 1.22 bits per heavy atom. The van der Waals surface area contributed by atoms with Crippen LogP contribution in [0.4, 0.5) is 13.2 Å². The minimum absolute atomic E-state index is 0.127. The number of nitrogens with zero attached hydrogens (tertiary/aromatic N) is 2. The Balaban J connectivity index is 2.50. The van der Waals surface area contributed by atoms with Crippen LogP contribution < -0.4 is 0 Å². The Morgan fingerprint density at radius 2 is 1.94 bits per heavy atom. The number of ketones is 1. The maximum absolute atomic E-state index is 13.5. The number of aryl methyl sites for hydroxylation is 1. The monoisotopic (exact) mass is 254 g/mol. The number of rotatable bonds is 3. The van der Waals surface area contributed by atoms with Gasteiger partial charge in [-0.25, -0.2) is 13.2 Å². The van der Waals surface area contributed by atoms with Crippen LogP contribution in [-0.4, -0.2) is 15.6 Å². The van der Waals surface area contributed by atoms with E-state index < -0.39 is 28.8 Å². The fourth-order valence-corrected chi connectivity index (χ4v) is 1.62. The van der Waals surface area contributed by atoms with Crippen molar-refractivity contribution in [2.75, 3.05) is 0 Å². The number of carbonyl (C=O) groups is 1. The number of halogens is 3. The first-order valence-corrected chi connectivity index (χ1v) is 5.26. The molecule has 0 atom stereocenters. The van der Waals surface area contributed by atoms with Crippen LogP contribution in [-0.2, 0) is 6.54 Å². The van der Waals surface area contributed by atoms with Crippen molar-refractivity contribution in [3.63, 3.8) is 0 Å². The molecule has 6 heteroatoms. The summed E-state index contributed by atoms with van der Waals surface area (Å²) in [5.41, 5.74) is -0.383. The van der Waals surface area contributed by atoms with E-state index in [1.807, 2.05) is 0 Å². The first kappa shape index (κ1) is 12.3. The van der Waals surface area contributed by atoms with Crippen molar-refractivity contribution in [3.05, 3.63) is 53.1 Å². The van der Waals surface area contributed by atoms with Gasteiger partial charge in [-0.2, -0.15) is 5.10 Å². The van der Waals surface area contributed by atoms with Crippen LogP contribution in [0, 0.1) is 17.5 Å². The number of carbonyl (C=O) groups excluding carboxylic acids is 1. The molecule has 0 saturated carbocycles. The summed E-state index contributed by atoms with van der Waals surface area (Å²) in [5.74, 6) is -5.19. The second kappa shape index (κ2) is 4.64. The smallest absolute Gasteiger partial charge is 0.214 e. The van der Waals surface area contributed by atoms with Gasteiger partial charge in [0.2, 0.25) is 5.78 Å². The SMILES string of the molecule is CCn1nccc1C(=O)c1ccc(F)c(F)c1F. The Bertz CT molecular complexity index is 607. The molecule has 0 amide bonds. The molecule has 1 aromatic heterocycles. The predicted molar refractivity (Wildman–Crippen MR) is 57.6 cm³/mol. The maximum Gasteiger partial charge on any atom is 0.214 e. The van der Waals surface area contributed by atoms with Gasteiger partial charge in [-0.1, -0.05) is 0 Å². The highest BCUT2D eigenvalue weighted by molar-refractivity contribution is 6.08. The van der Waals surface area contributed by atoms with Crippen LogP contribution in [0.5, 0.6) is 0 Å². The molecule has 0 N–H and O–H groups in total. The highest BCUT2D eigenvalue weighted by atomic mass is 19.2. The molecule has 0 aliphatic rings. The maximum atomic E-state index is 13.5. The zero-order valence-electron chi connectivity index (χ0n) is 9.45. The molecule has 0 fully saturated rings. The second-order valence-electron chi connectivity index (χ2n) is 3.58. The summed E-state index contributed by atoms with van der Waals surface area (Å²) in [6.45, 7) is 2.17. The molecule has 0 aliphatic heterocycles. The molecule has 94 valence electrons. The molecule has 0 bridgehead atoms. The Hall–Kier alpha value is -2.11. The van der Waals surface area contributed by atoms with Crippen molar-refractivity contribution < 1.29 is 18.0 Å². The Labute approximate surface area is 101 Å². The molecule has 0 unspecified atom stereocenters. The first-order valence-electron chi connectivity index (χ1n) is 5.26. The lowest BCUT2D eigenvalue weighted by atomic mass is 10.1. The minimum Gasteiger partial charge on any atom is -0.287 e. The number of aromatic nitrogens is 2. The third kappa shape index (κ3) is 1.90. The van der Waals surface area contributed by atoms with E-state index in [0.717, 1.165) is 12.1 Å². The first-order chi connectivity index (χ1) is 8.56. The molecule has 1 heterocycles. The Morgan fingerprint density at radius 3 is 2.61 bits per heavy atom. The lowest BCUT2D eigenvalue weighted by Crippen LogP contribution is -2.13. The molecule has 0 radical (unpaired) electrons. The van der Waals surface area contributed by atoms with Gasteiger partial charge in [0.25, 0.3) is 0 Å². The van der Waals surface area contributed by atoms with Crippen LogP contribution in [0.3, 0.4) is 0 Å². The largest absolute Gasteiger partial charge is 0.287 e. The summed E-state index contributed by atoms with van der Waals surface area (Å²) >= 11 is 0. The van der Waals surface area contributed by atoms with E-state index in [-0.39, 0.29) is 5.69 Å². The topological polar surface area (TPSA) is 34.9 Å². The van der Waals surface area contributed by atoms with Crippen LogP contribution in [0.15, 0.2) is 24.4 Å². The average molecular weight is 254 g/mol. The van der Waals surface area contributed by atoms with Crippen molar-refractivity contribution >= 4 is 5.78 Å². The van der Waals surface area contributed by atoms with Crippen LogP contribution in [0.25, 0.3) is 0 Å². The van der Waals surface area contributed by atoms with Gasteiger partial charge in [0.1, 0.15) is 5.69 Å². The summed E-state index contributed by atoms with van der Waals surface area (Å²) in [7, 11) is 0. The molecular formula is C12H9F3N2O. The molecule has 1 aromatic carbocycles. The highest BCUT2D eigenvalue weighted by Gasteiger charge is 2.21. The van der Waals surface area contributed by atoms with E-state index in [2.05, 4.69) is 5.10 Å². The van der Waals surface area contributed by atoms with Gasteiger partial charge in [-0.15, -0.1) is 0 Å². The third-order valence-electron chi connectivity index (χ3n) is 2.53. The fraction of sp³-hybridized carbons (Fsp3) is 0.167. The van der Waals surface area contributed by atoms with E-state index >= 15 is 0 Å². The zero-order chi connectivity index (χ0) is 13.3. The summed E-state index contributed by atoms with van der Waals surface area (Å²) < 4.78 is 40.6. The van der Waals surface area contributed by atoms with Crippen LogP contribution in [0.2, 0.25) is 0 Å². The van der Waals surface area contributed by atoms with Gasteiger partial charge >= 0.3 is 0 Å². The van der Waals surface area contributed by atoms with Gasteiger partial charge in [0, 0.05) is 12.7 Å². The summed E-state index contributed by atoms with van der Waals surface area (Å²) in [4.78, 5) is 12.0. The molecule has 0 saturated heterocycles. The third-order valence-corrected chi connectivity index (χ3v) is 2.53. The summed E-state index contributed by atoms with van der Waals surface area (Å²) in [6.07, 6.45) is 1.38. The van der Waals surface area contributed by atoms with E-state index in [0.29, 0.717) is 6.54 Å². The normalized spacial score (nSPS) is 10.7. The zero-order valence-corrected chi connectivity index (χ0v) is 9.45. The predicted octanol–water partition coefficient (Wildman–Crippen LogP) is 2.55. The molecule has 2 aromatic rings. The quantitative estimate of drug-likeness (QED) is 0.623. The molecule has 18 heavy (non-hydrogen) atoms. The Kier molecular flexibility index (Phi) is 3.18. The number of benzene rings is 1. The van der Waals surface area contributed by atoms with Crippen molar-refractivity contribution in [3.8, 4) is 0 Å². The van der Waals surface area contributed by atoms with E-state index in [1.165, 1.54) is 16.9 Å². The van der Waals surface area contributed by atoms with Crippen LogP contribution in [0.1, 0.15) is 23.0 Å². The lowest BCUT2D eigenvalue weighted by molar-refractivity contribution is 0.102. The number of hydrogen-bond donors (Lipinski definition) is 0. The van der Waals surface area contributed by atoms with Gasteiger partial charge in [-0.3, -0.25) is 9.48 Å². The van der Waals surface area contributed by atoms with E-state index in [4.69, 9.17) is 0 Å². The van der Waals surface area contributed by atoms with Gasteiger partial charge in [0.05, 0.1) is 5.56 Å². The molecule has 0 aliphatic carbocycles. The summed E-state index contributed by atoms with van der Waals surface area (Å²) in [5, 5.41) is 3.86. The van der Waals surface area contributed by atoms with Crippen molar-refractivity contribution in [2.45, 2.75) is 13.5 Å². The fourth-order valence-electron chi connectivity index (χ4n) is 1.62. The van der Waals surface area contributed by atoms with Gasteiger partial charge in [-0.05, 0) is 25.1 Å². The van der Waals surface area contributed by atoms with Crippen molar-refractivity contribution in [1.29, 1.82) is 0 Å². The van der Waals surface area contributed by atoms with Gasteiger partial charge in [0.15, 0.2) is 17.5 Å². The van der Waals surface area contributed by atoms with Gasteiger partial charge < -0.3 is 0 Å². The molecule has 0 spiro atoms.